The lowest BCUT2D eigenvalue weighted by Crippen LogP contribution is -2.43. The van der Waals surface area contributed by atoms with Crippen LogP contribution in [0.5, 0.6) is 5.75 Å². The maximum Gasteiger partial charge on any atom is 0.253 e. The number of para-hydroxylation sites is 2. The topological polar surface area (TPSA) is 63.2 Å². The first-order chi connectivity index (χ1) is 14.6. The Hall–Kier alpha value is -3.08. The minimum atomic E-state index is -0.0477. The van der Waals surface area contributed by atoms with Gasteiger partial charge in [-0.3, -0.25) is 4.79 Å². The molecule has 5 nitrogen and oxygen atoms in total. The van der Waals surface area contributed by atoms with E-state index >= 15 is 0 Å². The summed E-state index contributed by atoms with van der Waals surface area (Å²) in [5.41, 5.74) is 1.45. The van der Waals surface area contributed by atoms with Crippen LogP contribution in [0.2, 0.25) is 0 Å². The number of hydrogen-bond donors (Lipinski definition) is 2. The van der Waals surface area contributed by atoms with Crippen LogP contribution in [0.3, 0.4) is 0 Å². The Bertz CT molecular complexity index is 1050. The summed E-state index contributed by atoms with van der Waals surface area (Å²) in [4.78, 5) is 17.8. The van der Waals surface area contributed by atoms with Gasteiger partial charge in [0.25, 0.3) is 5.91 Å². The molecule has 30 heavy (non-hydrogen) atoms. The van der Waals surface area contributed by atoms with Gasteiger partial charge in [-0.1, -0.05) is 63.1 Å². The van der Waals surface area contributed by atoms with Gasteiger partial charge < -0.3 is 15.4 Å². The molecule has 3 atom stereocenters. The van der Waals surface area contributed by atoms with Crippen LogP contribution in [0.4, 0.5) is 11.5 Å². The van der Waals surface area contributed by atoms with Gasteiger partial charge in [-0.2, -0.15) is 0 Å². The van der Waals surface area contributed by atoms with E-state index in [0.717, 1.165) is 35.1 Å². The van der Waals surface area contributed by atoms with Crippen molar-refractivity contribution in [2.45, 2.75) is 39.2 Å². The summed E-state index contributed by atoms with van der Waals surface area (Å²) < 4.78 is 5.44. The van der Waals surface area contributed by atoms with Gasteiger partial charge in [0.1, 0.15) is 11.6 Å². The third kappa shape index (κ3) is 3.97. The molecule has 3 aromatic rings. The molecule has 1 aliphatic carbocycles. The van der Waals surface area contributed by atoms with Gasteiger partial charge in [0, 0.05) is 17.6 Å². The molecule has 0 spiro atoms. The van der Waals surface area contributed by atoms with E-state index < -0.39 is 0 Å². The number of carbonyl (C=O) groups is 1. The second-order valence-electron chi connectivity index (χ2n) is 8.24. The van der Waals surface area contributed by atoms with Crippen molar-refractivity contribution >= 4 is 28.2 Å². The Balaban J connectivity index is 1.64. The first kappa shape index (κ1) is 20.2. The Morgan fingerprint density at radius 2 is 1.77 bits per heavy atom. The minimum absolute atomic E-state index is 0.0477. The van der Waals surface area contributed by atoms with Crippen molar-refractivity contribution in [1.82, 2.24) is 10.3 Å². The molecule has 0 bridgehead atoms. The number of fused-ring (bicyclic) bond motifs is 1. The summed E-state index contributed by atoms with van der Waals surface area (Å²) in [7, 11) is 1.65. The van der Waals surface area contributed by atoms with Crippen molar-refractivity contribution in [3.05, 3.63) is 60.3 Å². The molecule has 0 saturated heterocycles. The van der Waals surface area contributed by atoms with Crippen LogP contribution >= 0.6 is 0 Å². The van der Waals surface area contributed by atoms with Crippen molar-refractivity contribution in [1.29, 1.82) is 0 Å². The van der Waals surface area contributed by atoms with Gasteiger partial charge in [-0.05, 0) is 35.8 Å². The number of pyridine rings is 1. The van der Waals surface area contributed by atoms with Gasteiger partial charge in [-0.25, -0.2) is 4.98 Å². The van der Waals surface area contributed by atoms with E-state index in [1.165, 1.54) is 6.42 Å². The third-order valence-corrected chi connectivity index (χ3v) is 6.42. The predicted molar refractivity (Wildman–Crippen MR) is 121 cm³/mol. The van der Waals surface area contributed by atoms with Crippen LogP contribution < -0.4 is 15.4 Å². The molecule has 0 radical (unpaired) electrons. The number of methoxy groups -OCH3 is 1. The monoisotopic (exact) mass is 403 g/mol. The molecule has 2 N–H and O–H groups in total. The zero-order valence-corrected chi connectivity index (χ0v) is 17.8. The molecule has 5 heteroatoms. The van der Waals surface area contributed by atoms with Gasteiger partial charge in [0.2, 0.25) is 0 Å². The molecule has 4 rings (SSSR count). The van der Waals surface area contributed by atoms with Crippen LogP contribution in [-0.2, 0) is 0 Å². The number of benzene rings is 2. The molecule has 1 amide bonds. The van der Waals surface area contributed by atoms with Crippen LogP contribution in [0.25, 0.3) is 10.8 Å². The number of nitrogens with zero attached hydrogens (tertiary/aromatic N) is 1. The molecule has 2 aromatic carbocycles. The van der Waals surface area contributed by atoms with Crippen molar-refractivity contribution < 1.29 is 9.53 Å². The van der Waals surface area contributed by atoms with E-state index in [-0.39, 0.29) is 11.9 Å². The van der Waals surface area contributed by atoms with Crippen LogP contribution in [0.1, 0.15) is 43.5 Å². The second-order valence-corrected chi connectivity index (χ2v) is 8.24. The van der Waals surface area contributed by atoms with Crippen LogP contribution in [0, 0.1) is 11.8 Å². The fraction of sp³-hybridized carbons (Fsp3) is 0.360. The summed E-state index contributed by atoms with van der Waals surface area (Å²) >= 11 is 0. The Morgan fingerprint density at radius 1 is 1.03 bits per heavy atom. The highest BCUT2D eigenvalue weighted by molar-refractivity contribution is 6.09. The Labute approximate surface area is 177 Å². The smallest absolute Gasteiger partial charge is 0.253 e. The maximum absolute atomic E-state index is 13.2. The van der Waals surface area contributed by atoms with E-state index in [4.69, 9.17) is 4.74 Å². The summed E-state index contributed by atoms with van der Waals surface area (Å²) in [6.07, 6.45) is 5.11. The molecule has 1 aromatic heterocycles. The van der Waals surface area contributed by atoms with Gasteiger partial charge >= 0.3 is 0 Å². The van der Waals surface area contributed by atoms with Crippen LogP contribution in [-0.4, -0.2) is 24.0 Å². The number of aromatic nitrogens is 1. The summed E-state index contributed by atoms with van der Waals surface area (Å²) in [5.74, 6) is 2.50. The van der Waals surface area contributed by atoms with Crippen molar-refractivity contribution in [3.63, 3.8) is 0 Å². The molecular formula is C25H29N3O2. The average Bonchev–Trinajstić information content (AvgIpc) is 2.77. The van der Waals surface area contributed by atoms with Crippen molar-refractivity contribution in [3.8, 4) is 5.75 Å². The quantitative estimate of drug-likeness (QED) is 0.587. The molecule has 156 valence electrons. The Kier molecular flexibility index (Phi) is 5.88. The van der Waals surface area contributed by atoms with Gasteiger partial charge in [0.05, 0.1) is 18.4 Å². The fourth-order valence-corrected chi connectivity index (χ4v) is 4.38. The summed E-state index contributed by atoms with van der Waals surface area (Å²) in [5, 5.41) is 8.43. The number of carbonyl (C=O) groups excluding carboxylic acids is 1. The molecule has 1 aliphatic rings. The van der Waals surface area contributed by atoms with E-state index in [2.05, 4.69) is 29.5 Å². The van der Waals surface area contributed by atoms with Crippen molar-refractivity contribution in [2.75, 3.05) is 12.4 Å². The minimum Gasteiger partial charge on any atom is -0.495 e. The van der Waals surface area contributed by atoms with E-state index in [1.807, 2.05) is 48.5 Å². The number of nitrogens with one attached hydrogen (secondary N) is 2. The largest absolute Gasteiger partial charge is 0.495 e. The summed E-state index contributed by atoms with van der Waals surface area (Å²) in [6.45, 7) is 4.52. The van der Waals surface area contributed by atoms with E-state index in [9.17, 15) is 4.79 Å². The highest BCUT2D eigenvalue weighted by Crippen LogP contribution is 2.32. The highest BCUT2D eigenvalue weighted by Gasteiger charge is 2.29. The lowest BCUT2D eigenvalue weighted by Gasteiger charge is -2.34. The van der Waals surface area contributed by atoms with E-state index in [1.54, 1.807) is 13.3 Å². The summed E-state index contributed by atoms with van der Waals surface area (Å²) in [6, 6.07) is 15.8. The normalized spacial score (nSPS) is 21.2. The first-order valence-corrected chi connectivity index (χ1v) is 10.7. The SMILES string of the molecule is COc1ccccc1Nc1ncc(C(=O)N[C@@H]2CCC[C@@H](C)[C@H]2C)c2ccccc12. The van der Waals surface area contributed by atoms with Gasteiger partial charge in [-0.15, -0.1) is 0 Å². The lowest BCUT2D eigenvalue weighted by atomic mass is 9.78. The van der Waals surface area contributed by atoms with Crippen LogP contribution in [0.15, 0.2) is 54.7 Å². The second kappa shape index (κ2) is 8.74. The highest BCUT2D eigenvalue weighted by atomic mass is 16.5. The molecule has 1 heterocycles. The zero-order chi connectivity index (χ0) is 21.1. The molecule has 1 fully saturated rings. The molecule has 0 unspecified atom stereocenters. The fourth-order valence-electron chi connectivity index (χ4n) is 4.38. The first-order valence-electron chi connectivity index (χ1n) is 10.7. The Morgan fingerprint density at radius 3 is 2.57 bits per heavy atom. The number of anilines is 2. The van der Waals surface area contributed by atoms with E-state index in [0.29, 0.717) is 23.2 Å². The number of ether oxygens (including phenoxy) is 1. The number of amides is 1. The maximum atomic E-state index is 13.2. The predicted octanol–water partition coefficient (Wildman–Crippen LogP) is 5.54. The number of hydrogen-bond acceptors (Lipinski definition) is 4. The van der Waals surface area contributed by atoms with Crippen molar-refractivity contribution in [2.24, 2.45) is 11.8 Å². The van der Waals surface area contributed by atoms with Gasteiger partial charge in [0.15, 0.2) is 0 Å². The molecular weight excluding hydrogens is 374 g/mol. The molecule has 0 aliphatic heterocycles. The zero-order valence-electron chi connectivity index (χ0n) is 17.8. The average molecular weight is 404 g/mol. The molecule has 1 saturated carbocycles. The third-order valence-electron chi connectivity index (χ3n) is 6.42. The number of rotatable bonds is 5. The standard InChI is InChI=1S/C25H29N3O2/c1-16-9-8-13-21(17(16)2)28-25(29)20-15-26-24(19-11-5-4-10-18(19)20)27-22-12-6-7-14-23(22)30-3/h4-7,10-12,14-17,21H,8-9,13H2,1-3H3,(H,26,27)(H,28,29)/t16-,17-,21-/m1/s1. The lowest BCUT2D eigenvalue weighted by molar-refractivity contribution is 0.0892.